The summed E-state index contributed by atoms with van der Waals surface area (Å²) in [6.45, 7) is 10.8. The molecule has 1 aromatic heterocycles. The first-order valence-electron chi connectivity index (χ1n) is 14.4. The molecule has 1 saturated carbocycles. The lowest BCUT2D eigenvalue weighted by atomic mass is 9.72. The van der Waals surface area contributed by atoms with Gasteiger partial charge in [0.05, 0.1) is 11.1 Å². The number of benzene rings is 1. The third-order valence-corrected chi connectivity index (χ3v) is 8.50. The highest BCUT2D eigenvalue weighted by molar-refractivity contribution is 5.97. The normalized spacial score (nSPS) is 19.1. The maximum atomic E-state index is 14.2. The van der Waals surface area contributed by atoms with Gasteiger partial charge in [0.1, 0.15) is 24.5 Å². The molecule has 3 fully saturated rings. The Kier molecular flexibility index (Phi) is 8.42. The molecule has 5 rings (SSSR count). The van der Waals surface area contributed by atoms with Gasteiger partial charge in [-0.25, -0.2) is 9.37 Å². The molecule has 41 heavy (non-hydrogen) atoms. The average Bonchev–Trinajstić information content (AvgIpc) is 3.68. The van der Waals surface area contributed by atoms with Crippen LogP contribution >= 0.6 is 0 Å². The average molecular weight is 570 g/mol. The maximum absolute atomic E-state index is 14.2. The number of ether oxygens (including phenoxy) is 2. The summed E-state index contributed by atoms with van der Waals surface area (Å²) < 4.78 is 25.3. The van der Waals surface area contributed by atoms with Gasteiger partial charge in [0.25, 0.3) is 11.8 Å². The molecule has 2 amide bonds. The van der Waals surface area contributed by atoms with Gasteiger partial charge in [-0.15, -0.1) is 10.2 Å². The van der Waals surface area contributed by atoms with E-state index in [0.717, 1.165) is 58.4 Å². The molecule has 0 bridgehead atoms. The van der Waals surface area contributed by atoms with Crippen LogP contribution < -0.4 is 15.0 Å². The molecular formula is C29H40FN7O4. The summed E-state index contributed by atoms with van der Waals surface area (Å²) in [5.74, 6) is 0.0918. The van der Waals surface area contributed by atoms with Crippen molar-refractivity contribution in [2.45, 2.75) is 58.0 Å². The van der Waals surface area contributed by atoms with E-state index in [4.69, 9.17) is 9.47 Å². The van der Waals surface area contributed by atoms with E-state index >= 15 is 0 Å². The maximum Gasteiger partial charge on any atom is 0.282 e. The number of amides is 2. The molecule has 222 valence electrons. The zero-order valence-corrected chi connectivity index (χ0v) is 24.4. The Balaban J connectivity index is 1.22. The van der Waals surface area contributed by atoms with E-state index in [9.17, 15) is 14.0 Å². The van der Waals surface area contributed by atoms with Gasteiger partial charge in [0.15, 0.2) is 5.82 Å². The number of carbonyl (C=O) groups excluding carboxylic acids is 2. The summed E-state index contributed by atoms with van der Waals surface area (Å²) in [4.78, 5) is 36.0. The van der Waals surface area contributed by atoms with Crippen molar-refractivity contribution in [3.63, 3.8) is 0 Å². The van der Waals surface area contributed by atoms with Gasteiger partial charge in [0.2, 0.25) is 5.91 Å². The van der Waals surface area contributed by atoms with E-state index in [-0.39, 0.29) is 52.6 Å². The fraction of sp³-hybridized carbons (Fsp3) is 0.621. The van der Waals surface area contributed by atoms with Gasteiger partial charge in [-0.05, 0) is 77.7 Å². The number of rotatable bonds is 11. The molecule has 1 aliphatic carbocycles. The van der Waals surface area contributed by atoms with Gasteiger partial charge in [0, 0.05) is 44.7 Å². The van der Waals surface area contributed by atoms with Gasteiger partial charge in [-0.3, -0.25) is 9.59 Å². The number of nitrogens with zero attached hydrogens (tertiary/aromatic N) is 6. The minimum Gasteiger partial charge on any atom is -0.434 e. The lowest BCUT2D eigenvalue weighted by molar-refractivity contribution is -0.125. The molecule has 11 nitrogen and oxygen atoms in total. The first-order valence-corrected chi connectivity index (χ1v) is 14.4. The van der Waals surface area contributed by atoms with Gasteiger partial charge >= 0.3 is 0 Å². The number of hydrogen-bond acceptors (Lipinski definition) is 9. The number of piperidine rings is 1. The van der Waals surface area contributed by atoms with Crippen molar-refractivity contribution < 1.29 is 23.5 Å². The van der Waals surface area contributed by atoms with E-state index in [2.05, 4.69) is 30.3 Å². The zero-order valence-electron chi connectivity index (χ0n) is 24.4. The van der Waals surface area contributed by atoms with Crippen LogP contribution in [0.4, 0.5) is 10.2 Å². The summed E-state index contributed by atoms with van der Waals surface area (Å²) in [5.41, 5.74) is 0.218. The van der Waals surface area contributed by atoms with Gasteiger partial charge < -0.3 is 29.5 Å². The topological polar surface area (TPSA) is 113 Å². The van der Waals surface area contributed by atoms with Crippen molar-refractivity contribution >= 4 is 17.6 Å². The minimum absolute atomic E-state index is 0.0507. The molecule has 1 aromatic carbocycles. The van der Waals surface area contributed by atoms with Crippen LogP contribution in [-0.4, -0.2) is 101 Å². The van der Waals surface area contributed by atoms with Crippen LogP contribution in [0.5, 0.6) is 11.6 Å². The summed E-state index contributed by atoms with van der Waals surface area (Å²) in [7, 11) is 1.53. The molecule has 3 heterocycles. The quantitative estimate of drug-likeness (QED) is 0.437. The lowest BCUT2D eigenvalue weighted by Gasteiger charge is -2.54. The highest BCUT2D eigenvalue weighted by atomic mass is 19.1. The predicted molar refractivity (Wildman–Crippen MR) is 150 cm³/mol. The molecule has 0 radical (unpaired) electrons. The number of likely N-dealkylation sites (tertiary alicyclic amines) is 1. The van der Waals surface area contributed by atoms with Crippen molar-refractivity contribution in [2.24, 2.45) is 5.41 Å². The predicted octanol–water partition coefficient (Wildman–Crippen LogP) is 2.87. The van der Waals surface area contributed by atoms with Crippen LogP contribution in [0, 0.1) is 11.2 Å². The minimum atomic E-state index is -0.515. The smallest absolute Gasteiger partial charge is 0.282 e. The SMILES string of the molecule is CCN(C(=O)c1cc(F)ccc1Oc1nncnc1N1CC2(CCN(CC3(NC(=O)COC)CC3)CC2)C1)C(C)C. The highest BCUT2D eigenvalue weighted by Crippen LogP contribution is 2.45. The number of nitrogens with one attached hydrogen (secondary N) is 1. The van der Waals surface area contributed by atoms with Gasteiger partial charge in [-0.1, -0.05) is 0 Å². The molecule has 0 unspecified atom stereocenters. The second kappa shape index (κ2) is 11.8. The van der Waals surface area contributed by atoms with Crippen LogP contribution in [0.3, 0.4) is 0 Å². The second-order valence-electron chi connectivity index (χ2n) is 11.9. The number of aromatic nitrogens is 3. The fourth-order valence-electron chi connectivity index (χ4n) is 6.08. The summed E-state index contributed by atoms with van der Waals surface area (Å²) >= 11 is 0. The summed E-state index contributed by atoms with van der Waals surface area (Å²) in [6.07, 6.45) is 5.52. The van der Waals surface area contributed by atoms with Crippen LogP contribution in [0.1, 0.15) is 56.8 Å². The standard InChI is InChI=1S/C29H40FN7O4/c1-5-37(20(2)3)27(39)22-14-21(30)6-7-23(22)41-26-25(31-19-32-34-26)36-16-28(17-36)10-12-35(13-11-28)18-29(8-9-29)33-24(38)15-40-4/h6-7,14,19-20H,5,8-13,15-18H2,1-4H3,(H,33,38). The van der Waals surface area contributed by atoms with Crippen LogP contribution in [-0.2, 0) is 9.53 Å². The molecule has 2 aliphatic heterocycles. The van der Waals surface area contributed by atoms with E-state index in [1.165, 1.54) is 31.6 Å². The first kappa shape index (κ1) is 29.1. The first-order chi connectivity index (χ1) is 19.7. The Labute approximate surface area is 240 Å². The number of halogens is 1. The summed E-state index contributed by atoms with van der Waals surface area (Å²) in [6, 6.07) is 3.87. The Morgan fingerprint density at radius 2 is 1.90 bits per heavy atom. The van der Waals surface area contributed by atoms with Crippen molar-refractivity contribution in [3.05, 3.63) is 35.9 Å². The third kappa shape index (κ3) is 6.43. The Morgan fingerprint density at radius 3 is 2.54 bits per heavy atom. The van der Waals surface area contributed by atoms with Crippen LogP contribution in [0.15, 0.2) is 24.5 Å². The van der Waals surface area contributed by atoms with Crippen molar-refractivity contribution in [1.82, 2.24) is 30.3 Å². The van der Waals surface area contributed by atoms with E-state index in [0.29, 0.717) is 12.4 Å². The van der Waals surface area contributed by atoms with Crippen molar-refractivity contribution in [1.29, 1.82) is 0 Å². The van der Waals surface area contributed by atoms with E-state index in [1.54, 1.807) is 4.90 Å². The van der Waals surface area contributed by atoms with Crippen LogP contribution in [0.2, 0.25) is 0 Å². The molecule has 1 spiro atoms. The fourth-order valence-corrected chi connectivity index (χ4v) is 6.08. The number of methoxy groups -OCH3 is 1. The van der Waals surface area contributed by atoms with E-state index in [1.807, 2.05) is 20.8 Å². The molecular weight excluding hydrogens is 529 g/mol. The molecule has 0 atom stereocenters. The second-order valence-corrected chi connectivity index (χ2v) is 11.9. The van der Waals surface area contributed by atoms with Crippen LogP contribution in [0.25, 0.3) is 0 Å². The molecule has 12 heteroatoms. The molecule has 2 aromatic rings. The highest BCUT2D eigenvalue weighted by Gasteiger charge is 2.49. The zero-order chi connectivity index (χ0) is 29.2. The lowest BCUT2D eigenvalue weighted by Crippen LogP contribution is -2.61. The number of hydrogen-bond donors (Lipinski definition) is 1. The summed E-state index contributed by atoms with van der Waals surface area (Å²) in [5, 5.41) is 11.3. The molecule has 3 aliphatic rings. The van der Waals surface area contributed by atoms with E-state index < -0.39 is 5.82 Å². The Hall–Kier alpha value is -3.38. The number of carbonyl (C=O) groups is 2. The largest absolute Gasteiger partial charge is 0.434 e. The Bertz CT molecular complexity index is 1260. The van der Waals surface area contributed by atoms with Gasteiger partial charge in [-0.2, -0.15) is 0 Å². The third-order valence-electron chi connectivity index (χ3n) is 8.50. The molecule has 2 saturated heterocycles. The van der Waals surface area contributed by atoms with Crippen molar-refractivity contribution in [2.75, 3.05) is 57.9 Å². The van der Waals surface area contributed by atoms with Crippen molar-refractivity contribution in [3.8, 4) is 11.6 Å². The molecule has 1 N–H and O–H groups in total. The monoisotopic (exact) mass is 569 g/mol. The Morgan fingerprint density at radius 1 is 1.17 bits per heavy atom. The number of anilines is 1.